The number of nitro benzene ring substituents is 1. The van der Waals surface area contributed by atoms with Gasteiger partial charge in [-0.2, -0.15) is 0 Å². The van der Waals surface area contributed by atoms with E-state index in [1.165, 1.54) is 30.7 Å². The third-order valence-electron chi connectivity index (χ3n) is 7.10. The second kappa shape index (κ2) is 11.2. The van der Waals surface area contributed by atoms with Crippen molar-refractivity contribution in [2.75, 3.05) is 11.9 Å². The molecule has 9 nitrogen and oxygen atoms in total. The summed E-state index contributed by atoms with van der Waals surface area (Å²) in [6.07, 6.45) is 7.35. The molecule has 0 spiro atoms. The lowest BCUT2D eigenvalue weighted by atomic mass is 9.89. The molecule has 5 rings (SSSR count). The van der Waals surface area contributed by atoms with Crippen molar-refractivity contribution in [2.24, 2.45) is 5.92 Å². The van der Waals surface area contributed by atoms with Crippen LogP contribution in [0.15, 0.2) is 83.9 Å². The van der Waals surface area contributed by atoms with Gasteiger partial charge in [-0.15, -0.1) is 0 Å². The van der Waals surface area contributed by atoms with Crippen LogP contribution in [0.1, 0.15) is 42.5 Å². The minimum absolute atomic E-state index is 0.135. The Labute approximate surface area is 226 Å². The molecule has 4 aromatic rings. The van der Waals surface area contributed by atoms with Gasteiger partial charge in [-0.3, -0.25) is 19.9 Å². The summed E-state index contributed by atoms with van der Waals surface area (Å²) in [5.74, 6) is -0.399. The number of fused-ring (bicyclic) bond motifs is 1. The van der Waals surface area contributed by atoms with Crippen LogP contribution in [0.4, 0.5) is 11.4 Å². The van der Waals surface area contributed by atoms with Crippen LogP contribution in [-0.2, 0) is 10.0 Å². The van der Waals surface area contributed by atoms with E-state index < -0.39 is 20.9 Å². The fourth-order valence-electron chi connectivity index (χ4n) is 5.00. The summed E-state index contributed by atoms with van der Waals surface area (Å²) < 4.78 is 27.9. The number of hydrogen-bond donors (Lipinski definition) is 2. The van der Waals surface area contributed by atoms with Crippen molar-refractivity contribution in [1.82, 2.24) is 9.71 Å². The Bertz CT molecular complexity index is 1630. The summed E-state index contributed by atoms with van der Waals surface area (Å²) in [6, 6.07) is 19.8. The Morgan fingerprint density at radius 1 is 0.974 bits per heavy atom. The average Bonchev–Trinajstić information content (AvgIpc) is 2.96. The van der Waals surface area contributed by atoms with E-state index >= 15 is 0 Å². The van der Waals surface area contributed by atoms with Gasteiger partial charge in [0.25, 0.3) is 21.6 Å². The molecule has 1 heterocycles. The Morgan fingerprint density at radius 2 is 1.72 bits per heavy atom. The zero-order chi connectivity index (χ0) is 27.4. The smallest absolute Gasteiger partial charge is 0.293 e. The normalized spacial score (nSPS) is 14.2. The molecule has 10 heteroatoms. The number of aromatic nitrogens is 1. The molecule has 1 amide bonds. The number of nitrogens with zero attached hydrogens (tertiary/aromatic N) is 2. The van der Waals surface area contributed by atoms with Crippen molar-refractivity contribution in [1.29, 1.82) is 0 Å². The molecule has 1 aliphatic carbocycles. The molecule has 0 aliphatic heterocycles. The van der Waals surface area contributed by atoms with Crippen LogP contribution < -0.4 is 10.0 Å². The predicted molar refractivity (Wildman–Crippen MR) is 150 cm³/mol. The summed E-state index contributed by atoms with van der Waals surface area (Å²) in [6.45, 7) is 0.592. The van der Waals surface area contributed by atoms with Gasteiger partial charge < -0.3 is 5.32 Å². The average molecular weight is 545 g/mol. The number of carbonyl (C=O) groups excluding carboxylic acids is 1. The lowest BCUT2D eigenvalue weighted by Crippen LogP contribution is -2.30. The van der Waals surface area contributed by atoms with Crippen molar-refractivity contribution in [3.05, 3.63) is 94.7 Å². The van der Waals surface area contributed by atoms with Gasteiger partial charge in [-0.25, -0.2) is 13.1 Å². The van der Waals surface area contributed by atoms with Gasteiger partial charge >= 0.3 is 0 Å². The first-order valence-electron chi connectivity index (χ1n) is 12.9. The second-order valence-corrected chi connectivity index (χ2v) is 11.4. The molecule has 1 aliphatic rings. The third-order valence-corrected chi connectivity index (χ3v) is 8.43. The standard InChI is InChI=1S/C29H28N4O5S/c34-29(23-13-11-21(12-14-23)25-10-4-8-22-9-5-17-30-28(22)25)32-39(37,38)24-15-16-26(27(18-24)33(35)36)31-19-20-6-2-1-3-7-20/h4-5,8-18,20,31H,1-3,6-7,19H2,(H,32,34). The number of para-hydroxylation sites is 1. The van der Waals surface area contributed by atoms with Crippen LogP contribution in [-0.4, -0.2) is 30.8 Å². The lowest BCUT2D eigenvalue weighted by Gasteiger charge is -2.22. The van der Waals surface area contributed by atoms with Gasteiger partial charge in [0.2, 0.25) is 0 Å². The summed E-state index contributed by atoms with van der Waals surface area (Å²) in [5.41, 5.74) is 2.57. The number of amides is 1. The number of benzene rings is 3. The van der Waals surface area contributed by atoms with Crippen LogP contribution in [0.5, 0.6) is 0 Å². The van der Waals surface area contributed by atoms with E-state index in [1.807, 2.05) is 35.1 Å². The first-order valence-corrected chi connectivity index (χ1v) is 14.3. The summed E-state index contributed by atoms with van der Waals surface area (Å²) in [4.78, 5) is 28.0. The van der Waals surface area contributed by atoms with Crippen molar-refractivity contribution in [3.8, 4) is 11.1 Å². The highest BCUT2D eigenvalue weighted by Gasteiger charge is 2.24. The largest absolute Gasteiger partial charge is 0.379 e. The second-order valence-electron chi connectivity index (χ2n) is 9.71. The fourth-order valence-corrected chi connectivity index (χ4v) is 6.00. The van der Waals surface area contributed by atoms with Crippen molar-refractivity contribution < 1.29 is 18.1 Å². The van der Waals surface area contributed by atoms with Crippen LogP contribution in [0.25, 0.3) is 22.0 Å². The number of anilines is 1. The first kappa shape index (κ1) is 26.3. The molecule has 0 radical (unpaired) electrons. The molecule has 0 atom stereocenters. The van der Waals surface area contributed by atoms with Crippen LogP contribution in [0, 0.1) is 16.0 Å². The molecule has 200 valence electrons. The van der Waals surface area contributed by atoms with Crippen molar-refractivity contribution >= 4 is 38.2 Å². The Hall–Kier alpha value is -4.31. The highest BCUT2D eigenvalue weighted by Crippen LogP contribution is 2.30. The maximum absolute atomic E-state index is 13.0. The molecule has 0 saturated heterocycles. The van der Waals surface area contributed by atoms with Gasteiger partial charge in [0.15, 0.2) is 0 Å². The number of carbonyl (C=O) groups is 1. The molecule has 0 bridgehead atoms. The van der Waals surface area contributed by atoms with E-state index in [-0.39, 0.29) is 21.8 Å². The number of nitro groups is 1. The maximum atomic E-state index is 13.0. The summed E-state index contributed by atoms with van der Waals surface area (Å²) in [5, 5.41) is 15.8. The lowest BCUT2D eigenvalue weighted by molar-refractivity contribution is -0.384. The Morgan fingerprint density at radius 3 is 2.46 bits per heavy atom. The van der Waals surface area contributed by atoms with Gasteiger partial charge in [0, 0.05) is 35.3 Å². The van der Waals surface area contributed by atoms with Gasteiger partial charge in [0.1, 0.15) is 5.69 Å². The third kappa shape index (κ3) is 5.91. The topological polar surface area (TPSA) is 131 Å². The molecule has 2 N–H and O–H groups in total. The minimum Gasteiger partial charge on any atom is -0.379 e. The molecular formula is C29H28N4O5S. The maximum Gasteiger partial charge on any atom is 0.293 e. The van der Waals surface area contributed by atoms with Gasteiger partial charge in [-0.1, -0.05) is 55.7 Å². The predicted octanol–water partition coefficient (Wildman–Crippen LogP) is 5.92. The molecule has 1 fully saturated rings. The quantitative estimate of drug-likeness (QED) is 0.208. The van der Waals surface area contributed by atoms with E-state index in [0.717, 1.165) is 53.8 Å². The Kier molecular flexibility index (Phi) is 7.56. The van der Waals surface area contributed by atoms with Crippen LogP contribution in [0.3, 0.4) is 0 Å². The zero-order valence-corrected chi connectivity index (χ0v) is 22.0. The highest BCUT2D eigenvalue weighted by atomic mass is 32.2. The minimum atomic E-state index is -4.35. The number of pyridine rings is 1. The van der Waals surface area contributed by atoms with E-state index in [9.17, 15) is 23.3 Å². The molecular weight excluding hydrogens is 516 g/mol. The molecule has 1 saturated carbocycles. The molecule has 0 unspecified atom stereocenters. The monoisotopic (exact) mass is 544 g/mol. The van der Waals surface area contributed by atoms with E-state index in [1.54, 1.807) is 18.3 Å². The van der Waals surface area contributed by atoms with Crippen LogP contribution >= 0.6 is 0 Å². The summed E-state index contributed by atoms with van der Waals surface area (Å²) >= 11 is 0. The molecule has 1 aromatic heterocycles. The van der Waals surface area contributed by atoms with Gasteiger partial charge in [-0.05, 0) is 54.7 Å². The highest BCUT2D eigenvalue weighted by molar-refractivity contribution is 7.90. The van der Waals surface area contributed by atoms with Crippen molar-refractivity contribution in [3.63, 3.8) is 0 Å². The molecule has 3 aromatic carbocycles. The number of nitrogens with one attached hydrogen (secondary N) is 2. The summed E-state index contributed by atoms with van der Waals surface area (Å²) in [7, 11) is -4.35. The SMILES string of the molecule is O=C(NS(=O)(=O)c1ccc(NCC2CCCCC2)c([N+](=O)[O-])c1)c1ccc(-c2cccc3cccnc23)cc1. The fraction of sp³-hybridized carbons (Fsp3) is 0.241. The Balaban J connectivity index is 1.31. The van der Waals surface area contributed by atoms with E-state index in [2.05, 4.69) is 10.3 Å². The number of rotatable bonds is 8. The van der Waals surface area contributed by atoms with E-state index in [0.29, 0.717) is 12.5 Å². The number of hydrogen-bond acceptors (Lipinski definition) is 7. The van der Waals surface area contributed by atoms with E-state index in [4.69, 9.17) is 0 Å². The molecule has 39 heavy (non-hydrogen) atoms. The number of sulfonamides is 1. The van der Waals surface area contributed by atoms with Crippen LogP contribution in [0.2, 0.25) is 0 Å². The van der Waals surface area contributed by atoms with Crippen molar-refractivity contribution in [2.45, 2.75) is 37.0 Å². The van der Waals surface area contributed by atoms with Gasteiger partial charge in [0.05, 0.1) is 15.3 Å². The zero-order valence-electron chi connectivity index (χ0n) is 21.2. The first-order chi connectivity index (χ1) is 18.8.